The quantitative estimate of drug-likeness (QED) is 0.758. The van der Waals surface area contributed by atoms with E-state index < -0.39 is 9.84 Å². The van der Waals surface area contributed by atoms with Gasteiger partial charge in [0.2, 0.25) is 11.8 Å². The van der Waals surface area contributed by atoms with Gasteiger partial charge in [-0.25, -0.2) is 8.42 Å². The molecular formula is C22H26N2O4S. The highest BCUT2D eigenvalue weighted by Gasteiger charge is 2.39. The molecule has 0 unspecified atom stereocenters. The summed E-state index contributed by atoms with van der Waals surface area (Å²) in [7, 11) is -3.25. The van der Waals surface area contributed by atoms with E-state index in [2.05, 4.69) is 10.6 Å². The monoisotopic (exact) mass is 414 g/mol. The maximum atomic E-state index is 12.4. The topological polar surface area (TPSA) is 92.3 Å². The Morgan fingerprint density at radius 2 is 1.10 bits per heavy atom. The van der Waals surface area contributed by atoms with Crippen LogP contribution >= 0.6 is 0 Å². The third-order valence-electron chi connectivity index (χ3n) is 5.17. The number of nitrogens with one attached hydrogen (secondary N) is 2. The van der Waals surface area contributed by atoms with Crippen molar-refractivity contribution in [1.82, 2.24) is 0 Å². The first-order chi connectivity index (χ1) is 13.7. The molecule has 154 valence electrons. The van der Waals surface area contributed by atoms with Crippen molar-refractivity contribution in [2.75, 3.05) is 22.1 Å². The minimum Gasteiger partial charge on any atom is -0.326 e. The molecule has 0 bridgehead atoms. The lowest BCUT2D eigenvalue weighted by Gasteiger charge is -2.17. The van der Waals surface area contributed by atoms with Crippen LogP contribution in [0.4, 0.5) is 11.4 Å². The average Bonchev–Trinajstić information content (AvgIpc) is 2.91. The summed E-state index contributed by atoms with van der Waals surface area (Å²) in [4.78, 5) is 24.8. The van der Waals surface area contributed by atoms with Crippen molar-refractivity contribution in [3.8, 4) is 0 Å². The third kappa shape index (κ3) is 6.15. The highest BCUT2D eigenvalue weighted by atomic mass is 32.2. The van der Waals surface area contributed by atoms with Crippen molar-refractivity contribution < 1.29 is 18.0 Å². The predicted octanol–water partition coefficient (Wildman–Crippen LogP) is 3.32. The minimum atomic E-state index is -3.25. The van der Waals surface area contributed by atoms with Crippen LogP contribution in [0.15, 0.2) is 48.5 Å². The van der Waals surface area contributed by atoms with Crippen LogP contribution in [0, 0.1) is 25.7 Å². The summed E-state index contributed by atoms with van der Waals surface area (Å²) in [5.41, 5.74) is 3.53. The van der Waals surface area contributed by atoms with Gasteiger partial charge >= 0.3 is 0 Å². The van der Waals surface area contributed by atoms with Crippen molar-refractivity contribution in [3.05, 3.63) is 59.7 Å². The standard InChI is InChI=1S/C22H26N2O4S/c1-15-3-7-19(8-4-15)23-21(25)11-17-13-29(27,28)14-18(17)12-22(26)24-20-9-5-16(2)6-10-20/h3-10,17-18H,11-14H2,1-2H3,(H,23,25)(H,24,26)/t17-,18-/m1/s1. The highest BCUT2D eigenvalue weighted by Crippen LogP contribution is 2.31. The van der Waals surface area contributed by atoms with Crippen LogP contribution in [0.1, 0.15) is 24.0 Å². The Hall–Kier alpha value is -2.67. The fourth-order valence-corrected chi connectivity index (χ4v) is 5.84. The number of rotatable bonds is 6. The van der Waals surface area contributed by atoms with Crippen molar-refractivity contribution in [1.29, 1.82) is 0 Å². The molecule has 0 saturated carbocycles. The molecule has 0 spiro atoms. The second-order valence-corrected chi connectivity index (χ2v) is 9.99. The normalized spacial score (nSPS) is 20.2. The maximum absolute atomic E-state index is 12.4. The van der Waals surface area contributed by atoms with Crippen molar-refractivity contribution in [3.63, 3.8) is 0 Å². The zero-order valence-electron chi connectivity index (χ0n) is 16.6. The second kappa shape index (κ2) is 8.78. The van der Waals surface area contributed by atoms with Crippen LogP contribution in [0.2, 0.25) is 0 Å². The van der Waals surface area contributed by atoms with Gasteiger partial charge in [-0.05, 0) is 49.9 Å². The fourth-order valence-electron chi connectivity index (χ4n) is 3.62. The molecule has 1 aliphatic heterocycles. The first-order valence-corrected chi connectivity index (χ1v) is 11.5. The number of carbonyl (C=O) groups excluding carboxylic acids is 2. The number of hydrogen-bond donors (Lipinski definition) is 2. The van der Waals surface area contributed by atoms with Crippen LogP contribution < -0.4 is 10.6 Å². The van der Waals surface area contributed by atoms with Gasteiger partial charge in [-0.3, -0.25) is 9.59 Å². The fraction of sp³-hybridized carbons (Fsp3) is 0.364. The molecule has 7 heteroatoms. The summed E-state index contributed by atoms with van der Waals surface area (Å²) < 4.78 is 24.3. The van der Waals surface area contributed by atoms with Crippen molar-refractivity contribution >= 4 is 33.0 Å². The highest BCUT2D eigenvalue weighted by molar-refractivity contribution is 7.91. The lowest BCUT2D eigenvalue weighted by Crippen LogP contribution is -2.25. The van der Waals surface area contributed by atoms with Gasteiger partial charge in [0.25, 0.3) is 0 Å². The van der Waals surface area contributed by atoms with E-state index >= 15 is 0 Å². The number of hydrogen-bond acceptors (Lipinski definition) is 4. The van der Waals surface area contributed by atoms with Crippen LogP contribution in [-0.2, 0) is 19.4 Å². The lowest BCUT2D eigenvalue weighted by atomic mass is 9.89. The zero-order chi connectivity index (χ0) is 21.0. The van der Waals surface area contributed by atoms with Gasteiger partial charge in [0.15, 0.2) is 9.84 Å². The number of aryl methyl sites for hydroxylation is 2. The SMILES string of the molecule is Cc1ccc(NC(=O)C[C@@H]2CS(=O)(=O)C[C@H]2CC(=O)Nc2ccc(C)cc2)cc1. The first kappa shape index (κ1) is 21.0. The number of amides is 2. The summed E-state index contributed by atoms with van der Waals surface area (Å²) in [6.45, 7) is 3.92. The Labute approximate surface area is 171 Å². The van der Waals surface area contributed by atoms with Gasteiger partial charge in [0.05, 0.1) is 11.5 Å². The van der Waals surface area contributed by atoms with E-state index in [0.29, 0.717) is 11.4 Å². The molecule has 2 aromatic rings. The average molecular weight is 415 g/mol. The summed E-state index contributed by atoms with van der Waals surface area (Å²) in [5, 5.41) is 5.62. The molecule has 2 aromatic carbocycles. The molecule has 1 saturated heterocycles. The van der Waals surface area contributed by atoms with Crippen molar-refractivity contribution in [2.45, 2.75) is 26.7 Å². The van der Waals surface area contributed by atoms with E-state index in [1.807, 2.05) is 62.4 Å². The Balaban J connectivity index is 1.60. The molecule has 29 heavy (non-hydrogen) atoms. The van der Waals surface area contributed by atoms with Crippen molar-refractivity contribution in [2.24, 2.45) is 11.8 Å². The van der Waals surface area contributed by atoms with Gasteiger partial charge < -0.3 is 10.6 Å². The largest absolute Gasteiger partial charge is 0.326 e. The Bertz CT molecular complexity index is 907. The molecule has 2 amide bonds. The molecule has 1 heterocycles. The molecule has 0 aliphatic carbocycles. The third-order valence-corrected chi connectivity index (χ3v) is 7.04. The van der Waals surface area contributed by atoms with E-state index in [-0.39, 0.29) is 48.0 Å². The summed E-state index contributed by atoms with van der Waals surface area (Å²) in [6.07, 6.45) is 0.158. The van der Waals surface area contributed by atoms with E-state index in [4.69, 9.17) is 0 Å². The molecule has 6 nitrogen and oxygen atoms in total. The number of anilines is 2. The van der Waals surface area contributed by atoms with E-state index in [9.17, 15) is 18.0 Å². The van der Waals surface area contributed by atoms with Gasteiger partial charge in [0.1, 0.15) is 0 Å². The molecule has 2 N–H and O–H groups in total. The zero-order valence-corrected chi connectivity index (χ0v) is 17.5. The molecular weight excluding hydrogens is 388 g/mol. The number of carbonyl (C=O) groups is 2. The molecule has 1 aliphatic rings. The van der Waals surface area contributed by atoms with Gasteiger partial charge in [-0.15, -0.1) is 0 Å². The number of sulfone groups is 1. The number of benzene rings is 2. The Kier molecular flexibility index (Phi) is 6.37. The first-order valence-electron chi connectivity index (χ1n) is 9.64. The minimum absolute atomic E-state index is 0.0587. The molecule has 0 aromatic heterocycles. The Morgan fingerprint density at radius 1 is 0.759 bits per heavy atom. The summed E-state index contributed by atoms with van der Waals surface area (Å²) in [5.74, 6) is -1.32. The van der Waals surface area contributed by atoms with Gasteiger partial charge in [-0.2, -0.15) is 0 Å². The van der Waals surface area contributed by atoms with Gasteiger partial charge in [-0.1, -0.05) is 35.4 Å². The molecule has 3 rings (SSSR count). The van der Waals surface area contributed by atoms with Crippen LogP contribution in [0.3, 0.4) is 0 Å². The van der Waals surface area contributed by atoms with E-state index in [1.54, 1.807) is 0 Å². The van der Waals surface area contributed by atoms with Gasteiger partial charge in [0, 0.05) is 24.2 Å². The van der Waals surface area contributed by atoms with Crippen LogP contribution in [-0.4, -0.2) is 31.7 Å². The van der Waals surface area contributed by atoms with E-state index in [0.717, 1.165) is 11.1 Å². The lowest BCUT2D eigenvalue weighted by molar-refractivity contribution is -0.119. The van der Waals surface area contributed by atoms with E-state index in [1.165, 1.54) is 0 Å². The Morgan fingerprint density at radius 3 is 1.45 bits per heavy atom. The summed E-state index contributed by atoms with van der Waals surface area (Å²) in [6, 6.07) is 14.8. The second-order valence-electron chi connectivity index (χ2n) is 7.83. The molecule has 2 atom stereocenters. The molecule has 1 fully saturated rings. The molecule has 0 radical (unpaired) electrons. The smallest absolute Gasteiger partial charge is 0.224 e. The maximum Gasteiger partial charge on any atom is 0.224 e. The van der Waals surface area contributed by atoms with Crippen LogP contribution in [0.5, 0.6) is 0 Å². The van der Waals surface area contributed by atoms with Crippen LogP contribution in [0.25, 0.3) is 0 Å². The summed E-state index contributed by atoms with van der Waals surface area (Å²) >= 11 is 0. The predicted molar refractivity (Wildman–Crippen MR) is 114 cm³/mol.